The van der Waals surface area contributed by atoms with Crippen molar-refractivity contribution < 1.29 is 13.2 Å². The molecule has 0 aliphatic heterocycles. The molecule has 66 valence electrons. The molecule has 0 spiro atoms. The van der Waals surface area contributed by atoms with Crippen LogP contribution in [0.2, 0.25) is 0 Å². The van der Waals surface area contributed by atoms with Gasteiger partial charge in [0.2, 0.25) is 0 Å². The highest BCUT2D eigenvalue weighted by Gasteiger charge is 2.31. The molecule has 1 saturated carbocycles. The van der Waals surface area contributed by atoms with Gasteiger partial charge >= 0.3 is 6.18 Å². The lowest BCUT2D eigenvalue weighted by Gasteiger charge is -2.16. The van der Waals surface area contributed by atoms with Gasteiger partial charge in [-0.3, -0.25) is 0 Å². The number of halogens is 3. The molecule has 0 atom stereocenters. The zero-order valence-electron chi connectivity index (χ0n) is 6.49. The summed E-state index contributed by atoms with van der Waals surface area (Å²) >= 11 is 0. The van der Waals surface area contributed by atoms with Crippen molar-refractivity contribution in [1.29, 1.82) is 0 Å². The van der Waals surface area contributed by atoms with E-state index in [1.54, 1.807) is 11.9 Å². The van der Waals surface area contributed by atoms with Crippen LogP contribution in [0.5, 0.6) is 0 Å². The first kappa shape index (κ1) is 8.84. The van der Waals surface area contributed by atoms with Gasteiger partial charge in [0.05, 0.1) is 6.42 Å². The summed E-state index contributed by atoms with van der Waals surface area (Å²) in [6, 6.07) is 0.428. The molecule has 0 N–H and O–H groups in total. The normalized spacial score (nSPS) is 19.4. The van der Waals surface area contributed by atoms with Crippen LogP contribution in [0.4, 0.5) is 13.2 Å². The van der Waals surface area contributed by atoms with Gasteiger partial charge in [-0.15, -0.1) is 0 Å². The first-order valence-electron chi connectivity index (χ1n) is 3.76. The summed E-state index contributed by atoms with van der Waals surface area (Å²) in [4.78, 5) is 1.79. The maximum absolute atomic E-state index is 11.7. The van der Waals surface area contributed by atoms with Gasteiger partial charge in [0.15, 0.2) is 0 Å². The predicted molar refractivity (Wildman–Crippen MR) is 36.3 cm³/mol. The highest BCUT2D eigenvalue weighted by molar-refractivity contribution is 4.82. The third-order valence-electron chi connectivity index (χ3n) is 1.92. The fraction of sp³-hybridized carbons (Fsp3) is 1.00. The SMILES string of the molecule is CN(CCC(F)(F)F)C1CC1. The summed E-state index contributed by atoms with van der Waals surface area (Å²) in [7, 11) is 1.75. The van der Waals surface area contributed by atoms with E-state index in [2.05, 4.69) is 0 Å². The van der Waals surface area contributed by atoms with Gasteiger partial charge in [0, 0.05) is 12.6 Å². The number of hydrogen-bond donors (Lipinski definition) is 0. The second-order valence-corrected chi connectivity index (χ2v) is 3.08. The first-order chi connectivity index (χ1) is 4.99. The molecule has 1 rings (SSSR count). The monoisotopic (exact) mass is 167 g/mol. The predicted octanol–water partition coefficient (Wildman–Crippen LogP) is 2.03. The van der Waals surface area contributed by atoms with Crippen molar-refractivity contribution in [3.63, 3.8) is 0 Å². The molecule has 0 amide bonds. The molecule has 0 aromatic carbocycles. The van der Waals surface area contributed by atoms with Gasteiger partial charge in [0.25, 0.3) is 0 Å². The Kier molecular flexibility index (Phi) is 2.42. The third-order valence-corrected chi connectivity index (χ3v) is 1.92. The maximum atomic E-state index is 11.7. The molecule has 1 nitrogen and oxygen atoms in total. The van der Waals surface area contributed by atoms with Crippen molar-refractivity contribution in [3.8, 4) is 0 Å². The lowest BCUT2D eigenvalue weighted by atomic mass is 10.4. The highest BCUT2D eigenvalue weighted by Crippen LogP contribution is 2.27. The Balaban J connectivity index is 2.10. The van der Waals surface area contributed by atoms with Crippen molar-refractivity contribution in [2.24, 2.45) is 0 Å². The fourth-order valence-corrected chi connectivity index (χ4v) is 1.00. The van der Waals surface area contributed by atoms with E-state index in [-0.39, 0.29) is 6.54 Å². The average molecular weight is 167 g/mol. The average Bonchev–Trinajstić information content (AvgIpc) is 2.61. The minimum atomic E-state index is -4.00. The minimum Gasteiger partial charge on any atom is -0.303 e. The van der Waals surface area contributed by atoms with Crippen LogP contribution in [0.25, 0.3) is 0 Å². The molecule has 11 heavy (non-hydrogen) atoms. The maximum Gasteiger partial charge on any atom is 0.390 e. The number of nitrogens with zero attached hydrogens (tertiary/aromatic N) is 1. The molecular formula is C7H12F3N. The number of hydrogen-bond acceptors (Lipinski definition) is 1. The van der Waals surface area contributed by atoms with Crippen LogP contribution in [0.1, 0.15) is 19.3 Å². The Morgan fingerprint density at radius 1 is 1.36 bits per heavy atom. The third kappa shape index (κ3) is 3.60. The Hall–Kier alpha value is -0.250. The summed E-state index contributed by atoms with van der Waals surface area (Å²) in [6.07, 6.45) is -2.55. The van der Waals surface area contributed by atoms with Gasteiger partial charge in [-0.25, -0.2) is 0 Å². The molecule has 1 aliphatic rings. The van der Waals surface area contributed by atoms with Crippen LogP contribution in [-0.4, -0.2) is 30.7 Å². The van der Waals surface area contributed by atoms with Gasteiger partial charge in [-0.2, -0.15) is 13.2 Å². The van der Waals surface area contributed by atoms with Gasteiger partial charge < -0.3 is 4.90 Å². The van der Waals surface area contributed by atoms with E-state index < -0.39 is 12.6 Å². The Morgan fingerprint density at radius 2 is 1.91 bits per heavy atom. The standard InChI is InChI=1S/C7H12F3N/c1-11(6-2-3-6)5-4-7(8,9)10/h6H,2-5H2,1H3. The van der Waals surface area contributed by atoms with Crippen molar-refractivity contribution >= 4 is 0 Å². The van der Waals surface area contributed by atoms with Gasteiger partial charge in [-0.1, -0.05) is 0 Å². The molecule has 0 radical (unpaired) electrons. The second kappa shape index (κ2) is 3.01. The van der Waals surface area contributed by atoms with E-state index in [9.17, 15) is 13.2 Å². The van der Waals surface area contributed by atoms with Crippen LogP contribution >= 0.6 is 0 Å². The molecule has 0 unspecified atom stereocenters. The largest absolute Gasteiger partial charge is 0.390 e. The number of rotatable bonds is 3. The van der Waals surface area contributed by atoms with E-state index in [0.717, 1.165) is 12.8 Å². The molecule has 4 heteroatoms. The molecule has 1 aliphatic carbocycles. The van der Waals surface area contributed by atoms with E-state index in [1.165, 1.54) is 0 Å². The summed E-state index contributed by atoms with van der Waals surface area (Å²) in [6.45, 7) is 0.147. The van der Waals surface area contributed by atoms with Crippen LogP contribution < -0.4 is 0 Å². The van der Waals surface area contributed by atoms with Crippen LogP contribution in [0.15, 0.2) is 0 Å². The van der Waals surface area contributed by atoms with Gasteiger partial charge in [-0.05, 0) is 19.9 Å². The lowest BCUT2D eigenvalue weighted by molar-refractivity contribution is -0.137. The summed E-state index contributed by atoms with van der Waals surface area (Å²) < 4.78 is 35.0. The molecule has 0 bridgehead atoms. The van der Waals surface area contributed by atoms with Crippen molar-refractivity contribution in [1.82, 2.24) is 4.90 Å². The quantitative estimate of drug-likeness (QED) is 0.621. The molecule has 0 aromatic heterocycles. The Morgan fingerprint density at radius 3 is 2.27 bits per heavy atom. The minimum absolute atomic E-state index is 0.147. The smallest absolute Gasteiger partial charge is 0.303 e. The van der Waals surface area contributed by atoms with Crippen LogP contribution in [0, 0.1) is 0 Å². The Labute approximate surface area is 64.2 Å². The topological polar surface area (TPSA) is 3.24 Å². The van der Waals surface area contributed by atoms with E-state index in [4.69, 9.17) is 0 Å². The number of alkyl halides is 3. The van der Waals surface area contributed by atoms with Crippen molar-refractivity contribution in [2.75, 3.05) is 13.6 Å². The molecule has 0 aromatic rings. The molecule has 1 fully saturated rings. The zero-order chi connectivity index (χ0) is 8.48. The Bertz CT molecular complexity index is 128. The molecule has 0 heterocycles. The van der Waals surface area contributed by atoms with Crippen LogP contribution in [-0.2, 0) is 0 Å². The zero-order valence-corrected chi connectivity index (χ0v) is 6.49. The van der Waals surface area contributed by atoms with Crippen molar-refractivity contribution in [3.05, 3.63) is 0 Å². The van der Waals surface area contributed by atoms with Crippen LogP contribution in [0.3, 0.4) is 0 Å². The molecular weight excluding hydrogens is 155 g/mol. The fourth-order valence-electron chi connectivity index (χ4n) is 1.00. The van der Waals surface area contributed by atoms with E-state index in [0.29, 0.717) is 6.04 Å². The second-order valence-electron chi connectivity index (χ2n) is 3.08. The first-order valence-corrected chi connectivity index (χ1v) is 3.76. The van der Waals surface area contributed by atoms with Crippen molar-refractivity contribution in [2.45, 2.75) is 31.5 Å². The van der Waals surface area contributed by atoms with E-state index >= 15 is 0 Å². The summed E-state index contributed by atoms with van der Waals surface area (Å²) in [5.74, 6) is 0. The summed E-state index contributed by atoms with van der Waals surface area (Å²) in [5.41, 5.74) is 0. The van der Waals surface area contributed by atoms with Gasteiger partial charge in [0.1, 0.15) is 0 Å². The molecule has 0 saturated heterocycles. The summed E-state index contributed by atoms with van der Waals surface area (Å²) in [5, 5.41) is 0. The highest BCUT2D eigenvalue weighted by atomic mass is 19.4. The lowest BCUT2D eigenvalue weighted by Crippen LogP contribution is -2.26. The van der Waals surface area contributed by atoms with E-state index in [1.807, 2.05) is 0 Å².